The number of anilines is 2. The summed E-state index contributed by atoms with van der Waals surface area (Å²) in [5, 5.41) is 5.27. The average Bonchev–Trinajstić information content (AvgIpc) is 3.32. The lowest BCUT2D eigenvalue weighted by molar-refractivity contribution is 0.0973. The monoisotopic (exact) mass is 447 g/mol. The van der Waals surface area contributed by atoms with E-state index in [4.69, 9.17) is 44.4 Å². The van der Waals surface area contributed by atoms with E-state index in [2.05, 4.69) is 15.0 Å². The van der Waals surface area contributed by atoms with Crippen molar-refractivity contribution in [1.29, 1.82) is 0 Å². The lowest BCUT2D eigenvalue weighted by Gasteiger charge is -2.41. The topological polar surface area (TPSA) is 108 Å². The molecule has 2 fully saturated rings. The number of piperidine rings is 1. The van der Waals surface area contributed by atoms with Crippen molar-refractivity contribution in [3.63, 3.8) is 0 Å². The van der Waals surface area contributed by atoms with Crippen LogP contribution < -0.4 is 16.4 Å². The Labute approximate surface area is 184 Å². The summed E-state index contributed by atoms with van der Waals surface area (Å²) in [7, 11) is 0. The summed E-state index contributed by atoms with van der Waals surface area (Å²) in [5.41, 5.74) is 14.8. The fourth-order valence-electron chi connectivity index (χ4n) is 4.67. The van der Waals surface area contributed by atoms with E-state index in [0.29, 0.717) is 45.2 Å². The van der Waals surface area contributed by atoms with Gasteiger partial charge < -0.3 is 21.1 Å². The molecular weight excluding hydrogens is 425 g/mol. The van der Waals surface area contributed by atoms with Gasteiger partial charge in [0.1, 0.15) is 12.1 Å². The second kappa shape index (κ2) is 7.23. The number of hydrogen-bond acceptors (Lipinski definition) is 7. The molecule has 5 rings (SSSR count). The highest BCUT2D eigenvalue weighted by molar-refractivity contribution is 6.44. The van der Waals surface area contributed by atoms with Crippen molar-refractivity contribution in [3.05, 3.63) is 34.6 Å². The maximum absolute atomic E-state index is 6.45. The first-order valence-electron chi connectivity index (χ1n) is 9.97. The molecule has 0 radical (unpaired) electrons. The summed E-state index contributed by atoms with van der Waals surface area (Å²) >= 11 is 12.7. The van der Waals surface area contributed by atoms with Crippen LogP contribution >= 0.6 is 23.2 Å². The molecule has 8 nitrogen and oxygen atoms in total. The Bertz CT molecular complexity index is 1110. The second-order valence-corrected chi connectivity index (χ2v) is 8.95. The van der Waals surface area contributed by atoms with E-state index in [0.717, 1.165) is 25.9 Å². The van der Waals surface area contributed by atoms with Gasteiger partial charge in [0.2, 0.25) is 5.95 Å². The third kappa shape index (κ3) is 2.93. The van der Waals surface area contributed by atoms with Crippen LogP contribution in [0.1, 0.15) is 19.8 Å². The summed E-state index contributed by atoms with van der Waals surface area (Å²) in [6.07, 6.45) is 3.44. The Kier molecular flexibility index (Phi) is 4.77. The van der Waals surface area contributed by atoms with Crippen LogP contribution in [0.5, 0.6) is 0 Å². The van der Waals surface area contributed by atoms with Gasteiger partial charge in [0.05, 0.1) is 28.3 Å². The SMILES string of the molecule is CC1OCC2(CCN(c3nc(N)c(-c4cccc(Cl)c4Cl)c4ncnn34)CC2)C1N. The van der Waals surface area contributed by atoms with Crippen LogP contribution in [0.4, 0.5) is 11.8 Å². The molecule has 1 aromatic carbocycles. The van der Waals surface area contributed by atoms with Gasteiger partial charge in [0.15, 0.2) is 5.65 Å². The molecule has 4 heterocycles. The highest BCUT2D eigenvalue weighted by Crippen LogP contribution is 2.43. The number of halogens is 2. The molecular formula is C20H23Cl2N7O. The first-order chi connectivity index (χ1) is 14.4. The van der Waals surface area contributed by atoms with Crippen molar-refractivity contribution in [2.24, 2.45) is 11.1 Å². The molecule has 2 atom stereocenters. The predicted molar refractivity (Wildman–Crippen MR) is 118 cm³/mol. The molecule has 2 aliphatic rings. The number of benzene rings is 1. The summed E-state index contributed by atoms with van der Waals surface area (Å²) < 4.78 is 7.55. The minimum absolute atomic E-state index is 0.0250. The maximum Gasteiger partial charge on any atom is 0.230 e. The molecule has 0 saturated carbocycles. The van der Waals surface area contributed by atoms with E-state index in [9.17, 15) is 0 Å². The van der Waals surface area contributed by atoms with Gasteiger partial charge in [-0.1, -0.05) is 35.3 Å². The Morgan fingerprint density at radius 3 is 2.70 bits per heavy atom. The molecule has 4 N–H and O–H groups in total. The molecule has 0 aliphatic carbocycles. The largest absolute Gasteiger partial charge is 0.383 e. The number of ether oxygens (including phenoxy) is 1. The summed E-state index contributed by atoms with van der Waals surface area (Å²) in [6.45, 7) is 4.35. The summed E-state index contributed by atoms with van der Waals surface area (Å²) in [5.74, 6) is 1.00. The normalized spacial score (nSPS) is 23.5. The summed E-state index contributed by atoms with van der Waals surface area (Å²) in [6, 6.07) is 5.45. The average molecular weight is 448 g/mol. The maximum atomic E-state index is 6.45. The number of aromatic nitrogens is 4. The quantitative estimate of drug-likeness (QED) is 0.621. The standard InChI is InChI=1S/C20H23Cl2N7O/c1-11-16(23)20(9-30-11)5-7-28(8-6-20)19-27-17(24)14(18-25-10-26-29(18)19)12-3-2-4-13(21)15(12)22/h2-4,10-11,16H,5-9,23-24H2,1H3. The van der Waals surface area contributed by atoms with Gasteiger partial charge in [-0.15, -0.1) is 0 Å². The van der Waals surface area contributed by atoms with Gasteiger partial charge in [-0.2, -0.15) is 14.6 Å². The van der Waals surface area contributed by atoms with Gasteiger partial charge in [0.25, 0.3) is 0 Å². The van der Waals surface area contributed by atoms with E-state index in [1.807, 2.05) is 19.1 Å². The van der Waals surface area contributed by atoms with Crippen LogP contribution in [-0.4, -0.2) is 51.4 Å². The van der Waals surface area contributed by atoms with Gasteiger partial charge >= 0.3 is 0 Å². The van der Waals surface area contributed by atoms with Crippen LogP contribution in [0.25, 0.3) is 16.8 Å². The molecule has 10 heteroatoms. The van der Waals surface area contributed by atoms with Crippen LogP contribution in [0.3, 0.4) is 0 Å². The Morgan fingerprint density at radius 1 is 1.23 bits per heavy atom. The zero-order chi connectivity index (χ0) is 21.0. The van der Waals surface area contributed by atoms with Crippen LogP contribution in [-0.2, 0) is 4.74 Å². The van der Waals surface area contributed by atoms with Crippen molar-refractivity contribution in [3.8, 4) is 11.1 Å². The molecule has 2 aliphatic heterocycles. The number of rotatable bonds is 2. The number of nitrogens with zero attached hydrogens (tertiary/aromatic N) is 5. The van der Waals surface area contributed by atoms with Crippen molar-refractivity contribution in [2.45, 2.75) is 31.9 Å². The van der Waals surface area contributed by atoms with E-state index in [1.54, 1.807) is 10.6 Å². The second-order valence-electron chi connectivity index (χ2n) is 8.16. The lowest BCUT2D eigenvalue weighted by atomic mass is 9.73. The zero-order valence-corrected chi connectivity index (χ0v) is 18.1. The van der Waals surface area contributed by atoms with Crippen molar-refractivity contribution in [2.75, 3.05) is 30.3 Å². The smallest absolute Gasteiger partial charge is 0.230 e. The Balaban J connectivity index is 1.52. The number of nitrogen functional groups attached to an aromatic ring is 1. The van der Waals surface area contributed by atoms with E-state index in [-0.39, 0.29) is 17.6 Å². The first kappa shape index (κ1) is 19.8. The number of fused-ring (bicyclic) bond motifs is 1. The molecule has 2 unspecified atom stereocenters. The minimum Gasteiger partial charge on any atom is -0.383 e. The van der Waals surface area contributed by atoms with Crippen molar-refractivity contribution >= 4 is 40.6 Å². The van der Waals surface area contributed by atoms with Gasteiger partial charge in [-0.25, -0.2) is 4.98 Å². The predicted octanol–water partition coefficient (Wildman–Crippen LogP) is 3.01. The number of hydrogen-bond donors (Lipinski definition) is 2. The molecule has 3 aromatic rings. The highest BCUT2D eigenvalue weighted by atomic mass is 35.5. The minimum atomic E-state index is 0.0250. The molecule has 0 bridgehead atoms. The van der Waals surface area contributed by atoms with Crippen LogP contribution in [0.2, 0.25) is 10.0 Å². The molecule has 1 spiro atoms. The summed E-state index contributed by atoms with van der Waals surface area (Å²) in [4.78, 5) is 11.3. The van der Waals surface area contributed by atoms with Crippen molar-refractivity contribution in [1.82, 2.24) is 19.6 Å². The van der Waals surface area contributed by atoms with Crippen molar-refractivity contribution < 1.29 is 4.74 Å². The molecule has 30 heavy (non-hydrogen) atoms. The zero-order valence-electron chi connectivity index (χ0n) is 16.6. The third-order valence-corrected chi connectivity index (χ3v) is 7.37. The van der Waals surface area contributed by atoms with Crippen LogP contribution in [0, 0.1) is 5.41 Å². The van der Waals surface area contributed by atoms with Gasteiger partial charge in [-0.3, -0.25) is 0 Å². The van der Waals surface area contributed by atoms with Crippen LogP contribution in [0.15, 0.2) is 24.5 Å². The fourth-order valence-corrected chi connectivity index (χ4v) is 5.06. The third-order valence-electron chi connectivity index (χ3n) is 6.55. The Hall–Kier alpha value is -2.13. The molecule has 2 aromatic heterocycles. The Morgan fingerprint density at radius 2 is 2.00 bits per heavy atom. The van der Waals surface area contributed by atoms with Gasteiger partial charge in [0, 0.05) is 30.1 Å². The van der Waals surface area contributed by atoms with E-state index in [1.165, 1.54) is 6.33 Å². The van der Waals surface area contributed by atoms with Gasteiger partial charge in [-0.05, 0) is 25.8 Å². The molecule has 158 valence electrons. The lowest BCUT2D eigenvalue weighted by Crippen LogP contribution is -2.51. The van der Waals surface area contributed by atoms with E-state index < -0.39 is 0 Å². The molecule has 0 amide bonds. The number of nitrogens with two attached hydrogens (primary N) is 2. The fraction of sp³-hybridized carbons (Fsp3) is 0.450. The highest BCUT2D eigenvalue weighted by Gasteiger charge is 2.47. The van der Waals surface area contributed by atoms with E-state index >= 15 is 0 Å². The first-order valence-corrected chi connectivity index (χ1v) is 10.7. The molecule has 2 saturated heterocycles.